The zero-order chi connectivity index (χ0) is 20.8. The van der Waals surface area contributed by atoms with Gasteiger partial charge in [-0.15, -0.1) is 0 Å². The van der Waals surface area contributed by atoms with Crippen LogP contribution >= 0.6 is 0 Å². The topological polar surface area (TPSA) is 64.4 Å². The van der Waals surface area contributed by atoms with Crippen LogP contribution < -0.4 is 10.3 Å². The smallest absolute Gasteiger partial charge is 0.267 e. The van der Waals surface area contributed by atoms with E-state index in [-0.39, 0.29) is 18.0 Å². The highest BCUT2D eigenvalue weighted by molar-refractivity contribution is 5.76. The molecule has 0 aliphatic carbocycles. The number of carbonyl (C=O) groups excluding carboxylic acids is 1. The number of piperidine rings is 1. The van der Waals surface area contributed by atoms with Crippen LogP contribution in [-0.4, -0.2) is 40.3 Å². The van der Waals surface area contributed by atoms with E-state index >= 15 is 0 Å². The van der Waals surface area contributed by atoms with Crippen LogP contribution in [-0.2, 0) is 11.3 Å². The molecule has 0 spiro atoms. The molecule has 0 N–H and O–H groups in total. The number of rotatable bonds is 6. The van der Waals surface area contributed by atoms with Gasteiger partial charge in [0, 0.05) is 24.7 Å². The summed E-state index contributed by atoms with van der Waals surface area (Å²) >= 11 is 0. The maximum absolute atomic E-state index is 12.7. The fourth-order valence-electron chi connectivity index (χ4n) is 3.63. The number of aromatic nitrogens is 2. The van der Waals surface area contributed by atoms with Gasteiger partial charge in [0.2, 0.25) is 5.91 Å². The van der Waals surface area contributed by atoms with Crippen LogP contribution in [0.5, 0.6) is 5.75 Å². The lowest BCUT2D eigenvalue weighted by molar-refractivity contribution is -0.133. The first-order valence-corrected chi connectivity index (χ1v) is 10.3. The van der Waals surface area contributed by atoms with Crippen LogP contribution in [0.2, 0.25) is 0 Å². The fraction of sp³-hybridized carbons (Fsp3) is 0.292. The van der Waals surface area contributed by atoms with Crippen LogP contribution in [0.25, 0.3) is 11.3 Å². The zero-order valence-corrected chi connectivity index (χ0v) is 16.8. The number of hydrogen-bond donors (Lipinski definition) is 0. The number of benzene rings is 2. The second kappa shape index (κ2) is 9.39. The van der Waals surface area contributed by atoms with Gasteiger partial charge in [0.05, 0.1) is 12.3 Å². The Kier molecular flexibility index (Phi) is 6.23. The third-order valence-electron chi connectivity index (χ3n) is 5.42. The van der Waals surface area contributed by atoms with Gasteiger partial charge >= 0.3 is 0 Å². The number of likely N-dealkylation sites (tertiary alicyclic amines) is 1. The molecule has 4 rings (SSSR count). The van der Waals surface area contributed by atoms with Crippen LogP contribution in [0.3, 0.4) is 0 Å². The minimum atomic E-state index is -0.269. The molecule has 0 atom stereocenters. The predicted octanol–water partition coefficient (Wildman–Crippen LogP) is 3.23. The van der Waals surface area contributed by atoms with Crippen molar-refractivity contribution in [2.45, 2.75) is 19.4 Å². The summed E-state index contributed by atoms with van der Waals surface area (Å²) in [6, 6.07) is 22.6. The van der Waals surface area contributed by atoms with Crippen molar-refractivity contribution < 1.29 is 9.53 Å². The van der Waals surface area contributed by atoms with Gasteiger partial charge in [-0.2, -0.15) is 5.10 Å². The lowest BCUT2D eigenvalue weighted by Crippen LogP contribution is -2.42. The summed E-state index contributed by atoms with van der Waals surface area (Å²) in [4.78, 5) is 26.8. The minimum Gasteiger partial charge on any atom is -0.493 e. The van der Waals surface area contributed by atoms with Crippen molar-refractivity contribution in [3.63, 3.8) is 0 Å². The van der Waals surface area contributed by atoms with Crippen LogP contribution in [0.1, 0.15) is 12.8 Å². The highest BCUT2D eigenvalue weighted by Gasteiger charge is 2.24. The monoisotopic (exact) mass is 403 g/mol. The van der Waals surface area contributed by atoms with Crippen molar-refractivity contribution in [3.8, 4) is 17.0 Å². The summed E-state index contributed by atoms with van der Waals surface area (Å²) < 4.78 is 7.11. The number of para-hydroxylation sites is 1. The minimum absolute atomic E-state index is 0.0370. The molecule has 1 aromatic heterocycles. The van der Waals surface area contributed by atoms with Gasteiger partial charge in [0.1, 0.15) is 12.3 Å². The van der Waals surface area contributed by atoms with E-state index in [9.17, 15) is 9.59 Å². The normalized spacial score (nSPS) is 14.5. The third-order valence-corrected chi connectivity index (χ3v) is 5.42. The average molecular weight is 403 g/mol. The van der Waals surface area contributed by atoms with E-state index in [0.29, 0.717) is 31.3 Å². The van der Waals surface area contributed by atoms with Gasteiger partial charge in [0.15, 0.2) is 0 Å². The first kappa shape index (κ1) is 19.9. The molecule has 0 saturated carbocycles. The molecular weight excluding hydrogens is 378 g/mol. The van der Waals surface area contributed by atoms with Crippen molar-refractivity contribution >= 4 is 5.91 Å². The molecule has 154 valence electrons. The van der Waals surface area contributed by atoms with Crippen LogP contribution in [0.4, 0.5) is 0 Å². The Morgan fingerprint density at radius 2 is 1.60 bits per heavy atom. The number of amides is 1. The molecule has 1 aliphatic rings. The van der Waals surface area contributed by atoms with Crippen molar-refractivity contribution in [3.05, 3.63) is 83.2 Å². The summed E-state index contributed by atoms with van der Waals surface area (Å²) in [5.41, 5.74) is 1.33. The highest BCUT2D eigenvalue weighted by Crippen LogP contribution is 2.20. The summed E-state index contributed by atoms with van der Waals surface area (Å²) in [5.74, 6) is 1.23. The summed E-state index contributed by atoms with van der Waals surface area (Å²) in [6.45, 7) is 1.97. The van der Waals surface area contributed by atoms with Gasteiger partial charge < -0.3 is 9.64 Å². The Bertz CT molecular complexity index is 1030. The molecule has 1 amide bonds. The van der Waals surface area contributed by atoms with Gasteiger partial charge in [-0.25, -0.2) is 4.68 Å². The van der Waals surface area contributed by atoms with E-state index < -0.39 is 0 Å². The molecule has 3 aromatic rings. The van der Waals surface area contributed by atoms with Crippen molar-refractivity contribution in [2.24, 2.45) is 5.92 Å². The predicted molar refractivity (Wildman–Crippen MR) is 115 cm³/mol. The summed E-state index contributed by atoms with van der Waals surface area (Å²) in [7, 11) is 0. The molecular formula is C24H25N3O3. The van der Waals surface area contributed by atoms with Gasteiger partial charge in [-0.3, -0.25) is 9.59 Å². The van der Waals surface area contributed by atoms with E-state index in [1.165, 1.54) is 10.7 Å². The Labute approximate surface area is 175 Å². The average Bonchev–Trinajstić information content (AvgIpc) is 2.81. The molecule has 6 heteroatoms. The van der Waals surface area contributed by atoms with E-state index in [4.69, 9.17) is 4.74 Å². The van der Waals surface area contributed by atoms with Gasteiger partial charge in [-0.1, -0.05) is 48.5 Å². The Morgan fingerprint density at radius 3 is 2.30 bits per heavy atom. The van der Waals surface area contributed by atoms with Crippen LogP contribution in [0, 0.1) is 5.92 Å². The molecule has 1 fully saturated rings. The van der Waals surface area contributed by atoms with Crippen molar-refractivity contribution in [2.75, 3.05) is 19.7 Å². The van der Waals surface area contributed by atoms with Gasteiger partial charge in [0.25, 0.3) is 5.56 Å². The highest BCUT2D eigenvalue weighted by atomic mass is 16.5. The molecule has 0 bridgehead atoms. The fourth-order valence-corrected chi connectivity index (χ4v) is 3.63. The molecule has 2 heterocycles. The lowest BCUT2D eigenvalue weighted by Gasteiger charge is -2.32. The van der Waals surface area contributed by atoms with Gasteiger partial charge in [-0.05, 0) is 37.0 Å². The lowest BCUT2D eigenvalue weighted by atomic mass is 9.98. The number of hydrogen-bond acceptors (Lipinski definition) is 4. The largest absolute Gasteiger partial charge is 0.493 e. The summed E-state index contributed by atoms with van der Waals surface area (Å²) in [5, 5.41) is 4.39. The molecule has 1 aliphatic heterocycles. The van der Waals surface area contributed by atoms with Crippen molar-refractivity contribution in [1.29, 1.82) is 0 Å². The van der Waals surface area contributed by atoms with Crippen LogP contribution in [0.15, 0.2) is 77.6 Å². The SMILES string of the molecule is O=C(Cn1nc(-c2ccccc2)ccc1=O)N1CCC(COc2ccccc2)CC1. The molecule has 2 aromatic carbocycles. The first-order chi connectivity index (χ1) is 14.7. The molecule has 0 radical (unpaired) electrons. The quantitative estimate of drug-likeness (QED) is 0.634. The molecule has 6 nitrogen and oxygen atoms in total. The van der Waals surface area contributed by atoms with E-state index in [0.717, 1.165) is 24.2 Å². The Hall–Kier alpha value is -3.41. The molecule has 0 unspecified atom stereocenters. The zero-order valence-electron chi connectivity index (χ0n) is 16.8. The number of ether oxygens (including phenoxy) is 1. The van der Waals surface area contributed by atoms with E-state index in [2.05, 4.69) is 5.10 Å². The maximum Gasteiger partial charge on any atom is 0.267 e. The number of carbonyl (C=O) groups is 1. The third kappa shape index (κ3) is 4.95. The van der Waals surface area contributed by atoms with E-state index in [1.807, 2.05) is 65.6 Å². The number of nitrogens with zero attached hydrogens (tertiary/aromatic N) is 3. The Balaban J connectivity index is 1.32. The standard InChI is InChI=1S/C24H25N3O3/c28-23-12-11-22(20-7-3-1-4-8-20)25-27(23)17-24(29)26-15-13-19(14-16-26)18-30-21-9-5-2-6-10-21/h1-12,19H,13-18H2. The second-order valence-electron chi connectivity index (χ2n) is 7.53. The Morgan fingerprint density at radius 1 is 0.933 bits per heavy atom. The molecule has 30 heavy (non-hydrogen) atoms. The van der Waals surface area contributed by atoms with Crippen molar-refractivity contribution in [1.82, 2.24) is 14.7 Å². The first-order valence-electron chi connectivity index (χ1n) is 10.3. The molecule has 1 saturated heterocycles. The maximum atomic E-state index is 12.7. The summed E-state index contributed by atoms with van der Waals surface area (Å²) in [6.07, 6.45) is 1.79. The van der Waals surface area contributed by atoms with E-state index in [1.54, 1.807) is 6.07 Å². The second-order valence-corrected chi connectivity index (χ2v) is 7.53.